The fraction of sp³-hybridized carbons (Fsp3) is 0. The van der Waals surface area contributed by atoms with Gasteiger partial charge in [-0.25, -0.2) is 0 Å². The number of nitrogen functional groups attached to an aromatic ring is 1. The summed E-state index contributed by atoms with van der Waals surface area (Å²) in [5, 5.41) is 8.98. The Bertz CT molecular complexity index is 403. The predicted molar refractivity (Wildman–Crippen MR) is 49.5 cm³/mol. The van der Waals surface area contributed by atoms with E-state index in [1.807, 2.05) is 0 Å². The molecule has 0 fully saturated rings. The molecule has 0 aromatic heterocycles. The van der Waals surface area contributed by atoms with Crippen molar-refractivity contribution in [1.82, 2.24) is 0 Å². The number of aromatic hydroxyl groups is 1. The second kappa shape index (κ2) is 4.30. The molecule has 0 radical (unpaired) electrons. The van der Waals surface area contributed by atoms with Gasteiger partial charge >= 0.3 is 29.6 Å². The molecule has 1 rings (SSSR count). The molecule has 4 N–H and O–H groups in total. The monoisotopic (exact) mass is 213 g/mol. The maximum absolute atomic E-state index is 10.5. The van der Waals surface area contributed by atoms with Gasteiger partial charge in [-0.05, 0) is 18.2 Å². The van der Waals surface area contributed by atoms with Crippen LogP contribution in [0.3, 0.4) is 0 Å². The number of anilines is 1. The predicted octanol–water partition coefficient (Wildman–Crippen LogP) is -0.427. The first kappa shape index (κ1) is 12.7. The minimum absolute atomic E-state index is 0. The molecule has 5 nitrogen and oxygen atoms in total. The zero-order valence-corrected chi connectivity index (χ0v) is 6.75. The third-order valence-electron chi connectivity index (χ3n) is 1.26. The van der Waals surface area contributed by atoms with Crippen molar-refractivity contribution in [2.24, 2.45) is 0 Å². The Kier molecular flexibility index (Phi) is 4.21. The van der Waals surface area contributed by atoms with Crippen LogP contribution in [0.5, 0.6) is 5.75 Å². The quantitative estimate of drug-likeness (QED) is 0.254. The summed E-state index contributed by atoms with van der Waals surface area (Å²) >= 11 is 0. The van der Waals surface area contributed by atoms with Crippen LogP contribution in [-0.2, 0) is 10.1 Å². The zero-order chi connectivity index (χ0) is 9.35. The van der Waals surface area contributed by atoms with Gasteiger partial charge in [0, 0.05) is 5.69 Å². The molecule has 1 aromatic carbocycles. The van der Waals surface area contributed by atoms with Gasteiger partial charge in [-0.3, -0.25) is 4.55 Å². The van der Waals surface area contributed by atoms with Crippen molar-refractivity contribution in [3.8, 4) is 5.75 Å². The molecular weight excluding hydrogens is 205 g/mol. The Labute approximate surface area is 97.6 Å². The molecule has 0 atom stereocenters. The third kappa shape index (κ3) is 3.17. The van der Waals surface area contributed by atoms with E-state index in [2.05, 4.69) is 0 Å². The van der Waals surface area contributed by atoms with Gasteiger partial charge in [-0.15, -0.1) is 0 Å². The minimum atomic E-state index is -4.39. The number of nitrogens with two attached hydrogens (primary N) is 1. The van der Waals surface area contributed by atoms with Gasteiger partial charge < -0.3 is 10.8 Å². The van der Waals surface area contributed by atoms with Crippen molar-refractivity contribution in [3.05, 3.63) is 18.2 Å². The standard InChI is InChI=1S/C6H7NO4S.Na.H/c7-4-1-2-5(8)6(3-4)12(9,10)11;;/h1-3,8H,7H2,(H,9,10,11);;. The molecule has 1 aromatic rings. The van der Waals surface area contributed by atoms with Crippen molar-refractivity contribution in [3.63, 3.8) is 0 Å². The van der Waals surface area contributed by atoms with Gasteiger partial charge in [0.25, 0.3) is 10.1 Å². The van der Waals surface area contributed by atoms with E-state index < -0.39 is 20.8 Å². The van der Waals surface area contributed by atoms with Gasteiger partial charge in [0.2, 0.25) is 0 Å². The first-order valence-electron chi connectivity index (χ1n) is 2.97. The van der Waals surface area contributed by atoms with E-state index in [0.717, 1.165) is 12.1 Å². The molecule has 0 aliphatic heterocycles. The van der Waals surface area contributed by atoms with Gasteiger partial charge in [0.15, 0.2) is 0 Å². The average molecular weight is 213 g/mol. The fourth-order valence-electron chi connectivity index (χ4n) is 0.737. The first-order chi connectivity index (χ1) is 5.41. The Morgan fingerprint density at radius 2 is 1.85 bits per heavy atom. The second-order valence-electron chi connectivity index (χ2n) is 2.20. The molecule has 0 heterocycles. The Morgan fingerprint density at radius 1 is 1.31 bits per heavy atom. The van der Waals surface area contributed by atoms with E-state index in [4.69, 9.17) is 15.4 Å². The molecule has 0 unspecified atom stereocenters. The Morgan fingerprint density at radius 3 is 2.23 bits per heavy atom. The SMILES string of the molecule is Nc1ccc(O)c(S(=O)(=O)O)c1.[NaH]. The molecule has 68 valence electrons. The molecule has 0 aliphatic rings. The van der Waals surface area contributed by atoms with Gasteiger partial charge in [0.1, 0.15) is 10.6 Å². The fourth-order valence-corrected chi connectivity index (χ4v) is 1.35. The summed E-state index contributed by atoms with van der Waals surface area (Å²) in [6, 6.07) is 3.40. The number of benzene rings is 1. The van der Waals surface area contributed by atoms with E-state index in [1.165, 1.54) is 6.07 Å². The zero-order valence-electron chi connectivity index (χ0n) is 5.93. The summed E-state index contributed by atoms with van der Waals surface area (Å²) in [5.74, 6) is -0.522. The molecule has 0 amide bonds. The van der Waals surface area contributed by atoms with Crippen molar-refractivity contribution < 1.29 is 18.1 Å². The first-order valence-corrected chi connectivity index (χ1v) is 4.41. The van der Waals surface area contributed by atoms with Gasteiger partial charge in [-0.2, -0.15) is 8.42 Å². The van der Waals surface area contributed by atoms with E-state index >= 15 is 0 Å². The number of rotatable bonds is 1. The number of phenols is 1. The average Bonchev–Trinajstić information content (AvgIpc) is 1.92. The van der Waals surface area contributed by atoms with Crippen molar-refractivity contribution in [1.29, 1.82) is 0 Å². The van der Waals surface area contributed by atoms with E-state index in [9.17, 15) is 8.42 Å². The summed E-state index contributed by atoms with van der Waals surface area (Å²) in [6.07, 6.45) is 0. The molecule has 0 aliphatic carbocycles. The van der Waals surface area contributed by atoms with E-state index in [0.29, 0.717) is 0 Å². The molecule has 0 saturated carbocycles. The molecule has 0 spiro atoms. The van der Waals surface area contributed by atoms with Crippen LogP contribution < -0.4 is 5.73 Å². The number of hydrogen-bond acceptors (Lipinski definition) is 4. The van der Waals surface area contributed by atoms with Crippen LogP contribution in [0, 0.1) is 0 Å². The summed E-state index contributed by atoms with van der Waals surface area (Å²) < 4.78 is 29.6. The third-order valence-corrected chi connectivity index (χ3v) is 2.14. The van der Waals surface area contributed by atoms with Crippen LogP contribution in [0.15, 0.2) is 23.1 Å². The Balaban J connectivity index is 0.00000144. The van der Waals surface area contributed by atoms with E-state index in [-0.39, 0.29) is 35.2 Å². The van der Waals surface area contributed by atoms with Crippen LogP contribution in [0.25, 0.3) is 0 Å². The Hall–Kier alpha value is -0.270. The molecule has 7 heteroatoms. The summed E-state index contributed by atoms with van der Waals surface area (Å²) in [7, 11) is -4.39. The van der Waals surface area contributed by atoms with Crippen LogP contribution in [0.2, 0.25) is 0 Å². The summed E-state index contributed by atoms with van der Waals surface area (Å²) in [6.45, 7) is 0. The molecule has 0 saturated heterocycles. The maximum atomic E-state index is 10.5. The summed E-state index contributed by atoms with van der Waals surface area (Å²) in [5.41, 5.74) is 5.39. The van der Waals surface area contributed by atoms with Crippen LogP contribution >= 0.6 is 0 Å². The normalized spacial score (nSPS) is 10.5. The van der Waals surface area contributed by atoms with Crippen molar-refractivity contribution in [2.75, 3.05) is 5.73 Å². The van der Waals surface area contributed by atoms with Crippen molar-refractivity contribution >= 4 is 45.4 Å². The topological polar surface area (TPSA) is 101 Å². The van der Waals surface area contributed by atoms with Gasteiger partial charge in [0.05, 0.1) is 0 Å². The van der Waals surface area contributed by atoms with Crippen LogP contribution in [0.4, 0.5) is 5.69 Å². The van der Waals surface area contributed by atoms with E-state index in [1.54, 1.807) is 0 Å². The molecule has 0 bridgehead atoms. The van der Waals surface area contributed by atoms with Crippen LogP contribution in [-0.4, -0.2) is 47.6 Å². The molecule has 13 heavy (non-hydrogen) atoms. The van der Waals surface area contributed by atoms with Crippen LogP contribution in [0.1, 0.15) is 0 Å². The van der Waals surface area contributed by atoms with Gasteiger partial charge in [-0.1, -0.05) is 0 Å². The second-order valence-corrected chi connectivity index (χ2v) is 3.59. The summed E-state index contributed by atoms with van der Waals surface area (Å²) in [4.78, 5) is -0.581. The number of hydrogen-bond donors (Lipinski definition) is 3. The molecular formula is C6H8NNaO4S. The van der Waals surface area contributed by atoms with Crippen molar-refractivity contribution in [2.45, 2.75) is 4.90 Å². The number of phenolic OH excluding ortho intramolecular Hbond substituents is 1.